The van der Waals surface area contributed by atoms with Gasteiger partial charge in [0.25, 0.3) is 0 Å². The molecular weight excluding hydrogens is 182 g/mol. The first-order valence-corrected chi connectivity index (χ1v) is 4.85. The topological polar surface area (TPSA) is 29.1 Å². The number of rotatable bonds is 1. The van der Waals surface area contributed by atoms with Crippen LogP contribution in [0.25, 0.3) is 0 Å². The molecule has 1 atom stereocenters. The maximum Gasteiger partial charge on any atom is 0.241 e. The van der Waals surface area contributed by atoms with Crippen LogP contribution in [0.15, 0.2) is 18.2 Å². The monoisotopic (exact) mass is 193 g/mol. The fourth-order valence-corrected chi connectivity index (χ4v) is 1.79. The van der Waals surface area contributed by atoms with Crippen molar-refractivity contribution in [3.05, 3.63) is 29.3 Å². The predicted molar refractivity (Wildman–Crippen MR) is 56.2 cm³/mol. The van der Waals surface area contributed by atoms with Gasteiger partial charge in [0.05, 0.1) is 0 Å². The Morgan fingerprint density at radius 1 is 1.54 bits per heavy atom. The van der Waals surface area contributed by atoms with Crippen LogP contribution in [-0.4, -0.2) is 5.91 Å². The Morgan fingerprint density at radius 3 is 3.00 bits per heavy atom. The molecule has 0 aromatic heterocycles. The van der Waals surface area contributed by atoms with E-state index < -0.39 is 0 Å². The van der Waals surface area contributed by atoms with Crippen LogP contribution < -0.4 is 5.32 Å². The second-order valence-electron chi connectivity index (χ2n) is 3.17. The second-order valence-corrected chi connectivity index (χ2v) is 3.68. The van der Waals surface area contributed by atoms with Gasteiger partial charge in [0, 0.05) is 5.69 Å². The van der Waals surface area contributed by atoms with E-state index in [0.29, 0.717) is 0 Å². The fraction of sp³-hybridized carbons (Fsp3) is 0.300. The van der Waals surface area contributed by atoms with Gasteiger partial charge in [-0.1, -0.05) is 19.1 Å². The number of anilines is 1. The molecule has 1 unspecified atom stereocenters. The highest BCUT2D eigenvalue weighted by atomic mass is 32.1. The summed E-state index contributed by atoms with van der Waals surface area (Å²) in [5, 5.41) is 2.49. The van der Waals surface area contributed by atoms with Crippen LogP contribution in [0.2, 0.25) is 0 Å². The molecule has 0 radical (unpaired) electrons. The van der Waals surface area contributed by atoms with Crippen molar-refractivity contribution in [3.8, 4) is 0 Å². The molecule has 1 N–H and O–H groups in total. The second kappa shape index (κ2) is 3.07. The molecule has 0 spiro atoms. The summed E-state index contributed by atoms with van der Waals surface area (Å²) in [5.74, 6) is -0.0217. The van der Waals surface area contributed by atoms with Crippen LogP contribution in [0.1, 0.15) is 23.3 Å². The third-order valence-corrected chi connectivity index (χ3v) is 2.84. The third kappa shape index (κ3) is 1.33. The summed E-state index contributed by atoms with van der Waals surface area (Å²) in [7, 11) is 0. The fourth-order valence-electron chi connectivity index (χ4n) is 1.51. The molecule has 2 rings (SSSR count). The SMILES string of the molecule is CCc1ccc2c(c1)C(S)C(=O)N2. The number of benzene rings is 1. The summed E-state index contributed by atoms with van der Waals surface area (Å²) in [5.41, 5.74) is 3.16. The number of aryl methyl sites for hydroxylation is 1. The van der Waals surface area contributed by atoms with Crippen LogP contribution in [0.3, 0.4) is 0 Å². The van der Waals surface area contributed by atoms with E-state index in [1.165, 1.54) is 5.56 Å². The Bertz CT molecular complexity index is 362. The third-order valence-electron chi connectivity index (χ3n) is 2.33. The molecule has 1 aliphatic heterocycles. The lowest BCUT2D eigenvalue weighted by atomic mass is 10.1. The molecule has 0 aliphatic carbocycles. The molecule has 0 bridgehead atoms. The Hall–Kier alpha value is -0.960. The number of fused-ring (bicyclic) bond motifs is 1. The van der Waals surface area contributed by atoms with Gasteiger partial charge in [-0.2, -0.15) is 12.6 Å². The Balaban J connectivity index is 2.47. The molecule has 3 heteroatoms. The molecule has 1 amide bonds. The Kier molecular flexibility index (Phi) is 2.04. The van der Waals surface area contributed by atoms with Gasteiger partial charge >= 0.3 is 0 Å². The molecular formula is C10H11NOS. The highest BCUT2D eigenvalue weighted by molar-refractivity contribution is 7.81. The maximum absolute atomic E-state index is 11.2. The first kappa shape index (κ1) is 8.63. The van der Waals surface area contributed by atoms with Crippen molar-refractivity contribution >= 4 is 24.2 Å². The molecule has 1 aliphatic rings. The first-order valence-electron chi connectivity index (χ1n) is 4.34. The van der Waals surface area contributed by atoms with E-state index in [4.69, 9.17) is 0 Å². The van der Waals surface area contributed by atoms with Crippen molar-refractivity contribution in [1.82, 2.24) is 0 Å². The summed E-state index contributed by atoms with van der Waals surface area (Å²) in [6, 6.07) is 6.03. The molecule has 13 heavy (non-hydrogen) atoms. The van der Waals surface area contributed by atoms with Crippen LogP contribution >= 0.6 is 12.6 Å². The number of hydrogen-bond acceptors (Lipinski definition) is 2. The molecule has 2 nitrogen and oxygen atoms in total. The zero-order valence-corrected chi connectivity index (χ0v) is 8.27. The maximum atomic E-state index is 11.2. The highest BCUT2D eigenvalue weighted by Gasteiger charge is 2.26. The van der Waals surface area contributed by atoms with Gasteiger partial charge in [-0.3, -0.25) is 4.79 Å². The number of amides is 1. The van der Waals surface area contributed by atoms with Crippen LogP contribution in [0.4, 0.5) is 5.69 Å². The molecule has 0 fully saturated rings. The average Bonchev–Trinajstić information content (AvgIpc) is 2.43. The van der Waals surface area contributed by atoms with Gasteiger partial charge in [0.2, 0.25) is 5.91 Å². The standard InChI is InChI=1S/C10H11NOS/c1-2-6-3-4-8-7(5-6)9(13)10(12)11-8/h3-5,9,13H,2H2,1H3,(H,11,12). The van der Waals surface area contributed by atoms with Crippen molar-refractivity contribution in [2.45, 2.75) is 18.6 Å². The zero-order chi connectivity index (χ0) is 9.42. The predicted octanol–water partition coefficient (Wildman–Crippen LogP) is 2.17. The van der Waals surface area contributed by atoms with Crippen LogP contribution in [0, 0.1) is 0 Å². The Morgan fingerprint density at radius 2 is 2.31 bits per heavy atom. The van der Waals surface area contributed by atoms with Gasteiger partial charge in [0.1, 0.15) is 5.25 Å². The lowest BCUT2D eigenvalue weighted by molar-refractivity contribution is -0.115. The van der Waals surface area contributed by atoms with Gasteiger partial charge < -0.3 is 5.32 Å². The summed E-state index contributed by atoms with van der Waals surface area (Å²) in [6.07, 6.45) is 0.988. The average molecular weight is 193 g/mol. The minimum absolute atomic E-state index is 0.0217. The molecule has 1 aromatic carbocycles. The number of thiol groups is 1. The van der Waals surface area contributed by atoms with Crippen molar-refractivity contribution < 1.29 is 4.79 Å². The van der Waals surface area contributed by atoms with E-state index in [2.05, 4.69) is 24.9 Å². The quantitative estimate of drug-likeness (QED) is 0.658. The summed E-state index contributed by atoms with van der Waals surface area (Å²) >= 11 is 4.24. The minimum Gasteiger partial charge on any atom is -0.325 e. The van der Waals surface area contributed by atoms with Crippen molar-refractivity contribution in [2.75, 3.05) is 5.32 Å². The van der Waals surface area contributed by atoms with Gasteiger partial charge in [0.15, 0.2) is 0 Å². The summed E-state index contributed by atoms with van der Waals surface area (Å²) in [6.45, 7) is 2.10. The van der Waals surface area contributed by atoms with Gasteiger partial charge in [-0.05, 0) is 23.6 Å². The number of nitrogens with one attached hydrogen (secondary N) is 1. The molecule has 68 valence electrons. The lowest BCUT2D eigenvalue weighted by Crippen LogP contribution is -2.06. The molecule has 1 heterocycles. The van der Waals surface area contributed by atoms with Gasteiger partial charge in [-0.15, -0.1) is 0 Å². The van der Waals surface area contributed by atoms with E-state index in [1.54, 1.807) is 0 Å². The smallest absolute Gasteiger partial charge is 0.241 e. The minimum atomic E-state index is -0.290. The zero-order valence-electron chi connectivity index (χ0n) is 7.37. The van der Waals surface area contributed by atoms with E-state index in [0.717, 1.165) is 17.7 Å². The van der Waals surface area contributed by atoms with Crippen LogP contribution in [-0.2, 0) is 11.2 Å². The molecule has 0 saturated carbocycles. The first-order chi connectivity index (χ1) is 6.22. The summed E-state index contributed by atoms with van der Waals surface area (Å²) in [4.78, 5) is 11.2. The normalized spacial score (nSPS) is 19.8. The van der Waals surface area contributed by atoms with E-state index >= 15 is 0 Å². The van der Waals surface area contributed by atoms with Crippen molar-refractivity contribution in [1.29, 1.82) is 0 Å². The number of hydrogen-bond donors (Lipinski definition) is 2. The molecule has 1 aromatic rings. The molecule has 0 saturated heterocycles. The summed E-state index contributed by atoms with van der Waals surface area (Å²) < 4.78 is 0. The number of carbonyl (C=O) groups is 1. The largest absolute Gasteiger partial charge is 0.325 e. The van der Waals surface area contributed by atoms with Crippen molar-refractivity contribution in [3.63, 3.8) is 0 Å². The highest BCUT2D eigenvalue weighted by Crippen LogP contribution is 2.35. The van der Waals surface area contributed by atoms with E-state index in [9.17, 15) is 4.79 Å². The van der Waals surface area contributed by atoms with Crippen LogP contribution in [0.5, 0.6) is 0 Å². The van der Waals surface area contributed by atoms with Crippen molar-refractivity contribution in [2.24, 2.45) is 0 Å². The van der Waals surface area contributed by atoms with E-state index in [-0.39, 0.29) is 11.2 Å². The van der Waals surface area contributed by atoms with Gasteiger partial charge in [-0.25, -0.2) is 0 Å². The number of carbonyl (C=O) groups excluding carboxylic acids is 1. The van der Waals surface area contributed by atoms with E-state index in [1.807, 2.05) is 18.2 Å². The lowest BCUT2D eigenvalue weighted by Gasteiger charge is -2.02. The Labute approximate surface area is 82.8 Å².